The predicted octanol–water partition coefficient (Wildman–Crippen LogP) is 1.48. The quantitative estimate of drug-likeness (QED) is 0.702. The smallest absolute Gasteiger partial charge is 0.231 e. The first-order chi connectivity index (χ1) is 10.0. The molecule has 1 atom stereocenters. The van der Waals surface area contributed by atoms with E-state index in [-0.39, 0.29) is 0 Å². The Morgan fingerprint density at radius 2 is 1.71 bits per heavy atom. The predicted molar refractivity (Wildman–Crippen MR) is 84.8 cm³/mol. The summed E-state index contributed by atoms with van der Waals surface area (Å²) in [6.45, 7) is 8.91. The van der Waals surface area contributed by atoms with Crippen molar-refractivity contribution < 1.29 is 5.11 Å². The molecule has 1 saturated heterocycles. The molecule has 2 rings (SSSR count). The average molecular weight is 294 g/mol. The first kappa shape index (κ1) is 15.8. The molecule has 0 bridgehead atoms. The van der Waals surface area contributed by atoms with Gasteiger partial charge >= 0.3 is 0 Å². The molecule has 0 amide bonds. The summed E-state index contributed by atoms with van der Waals surface area (Å²) in [5.41, 5.74) is -0.765. The van der Waals surface area contributed by atoms with E-state index in [1.165, 1.54) is 12.8 Å². The summed E-state index contributed by atoms with van der Waals surface area (Å²) in [5, 5.41) is 16.3. The minimum atomic E-state index is -0.765. The second kappa shape index (κ2) is 6.89. The van der Waals surface area contributed by atoms with Crippen LogP contribution in [0.25, 0.3) is 0 Å². The van der Waals surface area contributed by atoms with Gasteiger partial charge in [-0.05, 0) is 33.1 Å². The summed E-state index contributed by atoms with van der Waals surface area (Å²) < 4.78 is 0. The lowest BCUT2D eigenvalue weighted by Gasteiger charge is -2.22. The maximum atomic E-state index is 10.1. The van der Waals surface area contributed by atoms with Gasteiger partial charge in [0.25, 0.3) is 0 Å². The Kier molecular flexibility index (Phi) is 5.17. The van der Waals surface area contributed by atoms with Crippen LogP contribution in [0.4, 0.5) is 17.8 Å². The Balaban J connectivity index is 2.14. The van der Waals surface area contributed by atoms with Crippen molar-refractivity contribution in [3.05, 3.63) is 0 Å². The molecule has 1 fully saturated rings. The van der Waals surface area contributed by atoms with E-state index in [4.69, 9.17) is 0 Å². The second-order valence-corrected chi connectivity index (χ2v) is 5.71. The number of aromatic nitrogens is 3. The fourth-order valence-corrected chi connectivity index (χ4v) is 2.13. The Morgan fingerprint density at radius 3 is 2.29 bits per heavy atom. The normalized spacial score (nSPS) is 17.6. The van der Waals surface area contributed by atoms with Crippen molar-refractivity contribution in [1.29, 1.82) is 0 Å². The second-order valence-electron chi connectivity index (χ2n) is 5.71. The number of aliphatic hydroxyl groups is 1. The van der Waals surface area contributed by atoms with Gasteiger partial charge in [0.1, 0.15) is 0 Å². The van der Waals surface area contributed by atoms with E-state index < -0.39 is 5.60 Å². The standard InChI is InChI=1S/C14H26N6O/c1-4-14(3,21)10-16-12-17-11(15-5-2)18-13(19-12)20-8-6-7-9-20/h21H,4-10H2,1-3H3,(H2,15,16,17,18,19). The summed E-state index contributed by atoms with van der Waals surface area (Å²) in [5.74, 6) is 1.79. The van der Waals surface area contributed by atoms with Crippen LogP contribution in [0.15, 0.2) is 0 Å². The van der Waals surface area contributed by atoms with E-state index in [1.54, 1.807) is 6.92 Å². The zero-order valence-electron chi connectivity index (χ0n) is 13.2. The third-order valence-corrected chi connectivity index (χ3v) is 3.74. The average Bonchev–Trinajstić information content (AvgIpc) is 3.00. The third kappa shape index (κ3) is 4.42. The molecule has 0 spiro atoms. The maximum Gasteiger partial charge on any atom is 0.231 e. The monoisotopic (exact) mass is 294 g/mol. The van der Waals surface area contributed by atoms with Crippen molar-refractivity contribution in [2.75, 3.05) is 41.7 Å². The number of hydrogen-bond donors (Lipinski definition) is 3. The van der Waals surface area contributed by atoms with Crippen molar-refractivity contribution in [2.24, 2.45) is 0 Å². The van der Waals surface area contributed by atoms with Gasteiger partial charge in [-0.1, -0.05) is 6.92 Å². The molecule has 21 heavy (non-hydrogen) atoms. The molecular formula is C14H26N6O. The molecule has 1 aromatic rings. The molecule has 0 saturated carbocycles. The molecule has 0 aromatic carbocycles. The molecule has 1 aliphatic rings. The van der Waals surface area contributed by atoms with E-state index in [0.29, 0.717) is 30.8 Å². The SMILES string of the molecule is CCNc1nc(NCC(C)(O)CC)nc(N2CCCC2)n1. The topological polar surface area (TPSA) is 86.2 Å². The number of anilines is 3. The molecular weight excluding hydrogens is 268 g/mol. The van der Waals surface area contributed by atoms with Gasteiger partial charge in [0.05, 0.1) is 5.60 Å². The van der Waals surface area contributed by atoms with Crippen molar-refractivity contribution in [1.82, 2.24) is 15.0 Å². The van der Waals surface area contributed by atoms with Gasteiger partial charge in [-0.3, -0.25) is 0 Å². The molecule has 7 nitrogen and oxygen atoms in total. The van der Waals surface area contributed by atoms with E-state index in [0.717, 1.165) is 19.6 Å². The van der Waals surface area contributed by atoms with Gasteiger partial charge in [-0.25, -0.2) is 0 Å². The van der Waals surface area contributed by atoms with Crippen LogP contribution in [-0.2, 0) is 0 Å². The highest BCUT2D eigenvalue weighted by molar-refractivity contribution is 5.44. The number of rotatable bonds is 7. The molecule has 1 aliphatic heterocycles. The van der Waals surface area contributed by atoms with Gasteiger partial charge < -0.3 is 20.6 Å². The van der Waals surface area contributed by atoms with Crippen LogP contribution in [0, 0.1) is 0 Å². The number of nitrogens with one attached hydrogen (secondary N) is 2. The first-order valence-electron chi connectivity index (χ1n) is 7.75. The van der Waals surface area contributed by atoms with E-state index in [1.807, 2.05) is 13.8 Å². The molecule has 2 heterocycles. The van der Waals surface area contributed by atoms with Crippen LogP contribution in [0.3, 0.4) is 0 Å². The van der Waals surface area contributed by atoms with E-state index in [9.17, 15) is 5.11 Å². The summed E-state index contributed by atoms with van der Waals surface area (Å²) in [7, 11) is 0. The maximum absolute atomic E-state index is 10.1. The van der Waals surface area contributed by atoms with Crippen LogP contribution in [0.5, 0.6) is 0 Å². The van der Waals surface area contributed by atoms with Crippen molar-refractivity contribution in [2.45, 2.75) is 45.6 Å². The molecule has 118 valence electrons. The highest BCUT2D eigenvalue weighted by Crippen LogP contribution is 2.19. The zero-order valence-corrected chi connectivity index (χ0v) is 13.2. The molecule has 7 heteroatoms. The minimum Gasteiger partial charge on any atom is -0.388 e. The summed E-state index contributed by atoms with van der Waals surface area (Å²) in [6, 6.07) is 0. The Morgan fingerprint density at radius 1 is 1.10 bits per heavy atom. The van der Waals surface area contributed by atoms with Gasteiger partial charge in [0.2, 0.25) is 17.8 Å². The van der Waals surface area contributed by atoms with Crippen molar-refractivity contribution >= 4 is 17.8 Å². The Bertz CT molecular complexity index is 459. The molecule has 1 unspecified atom stereocenters. The Labute approximate surface area is 126 Å². The van der Waals surface area contributed by atoms with Gasteiger partial charge in [0, 0.05) is 26.2 Å². The van der Waals surface area contributed by atoms with Crippen LogP contribution < -0.4 is 15.5 Å². The number of hydrogen-bond acceptors (Lipinski definition) is 7. The molecule has 0 radical (unpaired) electrons. The minimum absolute atomic E-state index is 0.415. The Hall–Kier alpha value is -1.63. The van der Waals surface area contributed by atoms with E-state index in [2.05, 4.69) is 30.5 Å². The fourth-order valence-electron chi connectivity index (χ4n) is 2.13. The van der Waals surface area contributed by atoms with Crippen LogP contribution >= 0.6 is 0 Å². The van der Waals surface area contributed by atoms with Crippen LogP contribution in [0.1, 0.15) is 40.0 Å². The van der Waals surface area contributed by atoms with Gasteiger partial charge in [-0.15, -0.1) is 0 Å². The lowest BCUT2D eigenvalue weighted by Crippen LogP contribution is -2.33. The first-order valence-corrected chi connectivity index (χ1v) is 7.75. The van der Waals surface area contributed by atoms with Crippen LogP contribution in [-0.4, -0.2) is 51.8 Å². The summed E-state index contributed by atoms with van der Waals surface area (Å²) in [4.78, 5) is 15.5. The van der Waals surface area contributed by atoms with Crippen molar-refractivity contribution in [3.8, 4) is 0 Å². The lowest BCUT2D eigenvalue weighted by atomic mass is 10.0. The van der Waals surface area contributed by atoms with E-state index >= 15 is 0 Å². The third-order valence-electron chi connectivity index (χ3n) is 3.74. The highest BCUT2D eigenvalue weighted by atomic mass is 16.3. The van der Waals surface area contributed by atoms with Crippen LogP contribution in [0.2, 0.25) is 0 Å². The molecule has 0 aliphatic carbocycles. The largest absolute Gasteiger partial charge is 0.388 e. The number of nitrogens with zero attached hydrogens (tertiary/aromatic N) is 4. The van der Waals surface area contributed by atoms with Gasteiger partial charge in [0.15, 0.2) is 0 Å². The van der Waals surface area contributed by atoms with Crippen molar-refractivity contribution in [3.63, 3.8) is 0 Å². The molecule has 1 aromatic heterocycles. The zero-order chi connectivity index (χ0) is 15.3. The lowest BCUT2D eigenvalue weighted by molar-refractivity contribution is 0.0695. The molecule has 3 N–H and O–H groups in total. The fraction of sp³-hybridized carbons (Fsp3) is 0.786. The highest BCUT2D eigenvalue weighted by Gasteiger charge is 2.20. The van der Waals surface area contributed by atoms with Gasteiger partial charge in [-0.2, -0.15) is 15.0 Å². The summed E-state index contributed by atoms with van der Waals surface area (Å²) >= 11 is 0. The summed E-state index contributed by atoms with van der Waals surface area (Å²) in [6.07, 6.45) is 3.02.